The van der Waals surface area contributed by atoms with E-state index in [1.807, 2.05) is 4.68 Å². The van der Waals surface area contributed by atoms with Crippen LogP contribution in [0, 0.1) is 0 Å². The first-order valence-corrected chi connectivity index (χ1v) is 4.46. The fraction of sp³-hybridized carbons (Fsp3) is 0.625. The monoisotopic (exact) mass is 172 g/mol. The summed E-state index contributed by atoms with van der Waals surface area (Å²) in [6.45, 7) is 5.07. The van der Waals surface area contributed by atoms with Crippen molar-refractivity contribution in [3.63, 3.8) is 0 Å². The third kappa shape index (κ3) is 1.74. The molecule has 0 saturated carbocycles. The van der Waals surface area contributed by atoms with Crippen LogP contribution in [-0.4, -0.2) is 9.78 Å². The molecule has 0 fully saturated rings. The second-order valence-corrected chi connectivity index (χ2v) is 2.70. The fourth-order valence-electron chi connectivity index (χ4n) is 1.07. The molecule has 3 heteroatoms. The fourth-order valence-corrected chi connectivity index (χ4v) is 1.28. The van der Waals surface area contributed by atoms with Crippen molar-refractivity contribution in [1.29, 1.82) is 0 Å². The molecule has 0 aliphatic carbocycles. The number of aryl methyl sites for hydroxylation is 2. The molecule has 0 spiro atoms. The Labute approximate surface area is 72.2 Å². The maximum Gasteiger partial charge on any atom is 0.0644 e. The van der Waals surface area contributed by atoms with Crippen LogP contribution in [0.25, 0.3) is 0 Å². The van der Waals surface area contributed by atoms with Crippen LogP contribution < -0.4 is 0 Å². The van der Waals surface area contributed by atoms with Gasteiger partial charge in [-0.3, -0.25) is 4.68 Å². The molecule has 62 valence electrons. The zero-order valence-corrected chi connectivity index (χ0v) is 7.73. The van der Waals surface area contributed by atoms with Crippen molar-refractivity contribution in [2.24, 2.45) is 0 Å². The van der Waals surface area contributed by atoms with E-state index in [4.69, 9.17) is 11.6 Å². The third-order valence-corrected chi connectivity index (χ3v) is 1.99. The van der Waals surface area contributed by atoms with Gasteiger partial charge in [-0.2, -0.15) is 5.10 Å². The van der Waals surface area contributed by atoms with E-state index in [0.29, 0.717) is 5.88 Å². The maximum atomic E-state index is 5.72. The van der Waals surface area contributed by atoms with Crippen molar-refractivity contribution in [2.75, 3.05) is 0 Å². The Bertz CT molecular complexity index is 208. The average molecular weight is 173 g/mol. The Balaban J connectivity index is 2.92. The van der Waals surface area contributed by atoms with Crippen molar-refractivity contribution >= 4 is 11.6 Å². The van der Waals surface area contributed by atoms with Crippen LogP contribution in [0.3, 0.4) is 0 Å². The van der Waals surface area contributed by atoms with Crippen LogP contribution in [0.5, 0.6) is 0 Å². The predicted molar refractivity (Wildman–Crippen MR) is 46.8 cm³/mol. The molecule has 0 amide bonds. The van der Waals surface area contributed by atoms with Gasteiger partial charge in [-0.15, -0.1) is 11.6 Å². The summed E-state index contributed by atoms with van der Waals surface area (Å²) in [7, 11) is 0. The Morgan fingerprint density at radius 3 is 2.64 bits per heavy atom. The number of nitrogens with zero attached hydrogens (tertiary/aromatic N) is 2. The van der Waals surface area contributed by atoms with Gasteiger partial charge in [-0.1, -0.05) is 6.92 Å². The molecule has 0 aliphatic heterocycles. The van der Waals surface area contributed by atoms with Gasteiger partial charge in [-0.05, 0) is 19.4 Å². The summed E-state index contributed by atoms with van der Waals surface area (Å²) in [5.74, 6) is 0.556. The molecule has 0 aromatic carbocycles. The van der Waals surface area contributed by atoms with Crippen molar-refractivity contribution in [2.45, 2.75) is 32.7 Å². The summed E-state index contributed by atoms with van der Waals surface area (Å²) in [5.41, 5.74) is 2.24. The summed E-state index contributed by atoms with van der Waals surface area (Å²) in [6.07, 6.45) is 0.983. The summed E-state index contributed by atoms with van der Waals surface area (Å²) < 4.78 is 1.95. The molecule has 1 rings (SSSR count). The lowest BCUT2D eigenvalue weighted by atomic mass is 10.3. The van der Waals surface area contributed by atoms with E-state index in [1.54, 1.807) is 0 Å². The summed E-state index contributed by atoms with van der Waals surface area (Å²) in [5, 5.41) is 4.35. The third-order valence-electron chi connectivity index (χ3n) is 1.71. The maximum absolute atomic E-state index is 5.72. The van der Waals surface area contributed by atoms with Gasteiger partial charge in [0.25, 0.3) is 0 Å². The van der Waals surface area contributed by atoms with E-state index in [-0.39, 0.29) is 0 Å². The Morgan fingerprint density at radius 1 is 1.55 bits per heavy atom. The minimum absolute atomic E-state index is 0.556. The van der Waals surface area contributed by atoms with Gasteiger partial charge in [0.1, 0.15) is 0 Å². The van der Waals surface area contributed by atoms with E-state index in [9.17, 15) is 0 Å². The highest BCUT2D eigenvalue weighted by Crippen LogP contribution is 2.07. The number of aromatic nitrogens is 2. The highest BCUT2D eigenvalue weighted by Gasteiger charge is 2.02. The molecule has 1 aromatic heterocycles. The lowest BCUT2D eigenvalue weighted by Gasteiger charge is -1.98. The minimum atomic E-state index is 0.556. The van der Waals surface area contributed by atoms with Gasteiger partial charge < -0.3 is 0 Å². The number of halogens is 1. The number of hydrogen-bond acceptors (Lipinski definition) is 1. The molecule has 2 nitrogen and oxygen atoms in total. The van der Waals surface area contributed by atoms with Crippen molar-refractivity contribution in [3.05, 3.63) is 17.5 Å². The second-order valence-electron chi connectivity index (χ2n) is 2.43. The molecule has 0 unspecified atom stereocenters. The van der Waals surface area contributed by atoms with E-state index < -0.39 is 0 Å². The largest absolute Gasteiger partial charge is 0.268 e. The highest BCUT2D eigenvalue weighted by molar-refractivity contribution is 6.16. The predicted octanol–water partition coefficient (Wildman–Crippen LogP) is 2.20. The van der Waals surface area contributed by atoms with E-state index in [0.717, 1.165) is 24.4 Å². The minimum Gasteiger partial charge on any atom is -0.268 e. The molecular formula is C8H13ClN2. The zero-order chi connectivity index (χ0) is 8.27. The highest BCUT2D eigenvalue weighted by atomic mass is 35.5. The molecule has 0 atom stereocenters. The topological polar surface area (TPSA) is 17.8 Å². The summed E-state index contributed by atoms with van der Waals surface area (Å²) in [6, 6.07) is 2.07. The van der Waals surface area contributed by atoms with Crippen LogP contribution in [0.4, 0.5) is 0 Å². The van der Waals surface area contributed by atoms with Gasteiger partial charge in [0.15, 0.2) is 0 Å². The first kappa shape index (κ1) is 8.60. The van der Waals surface area contributed by atoms with Crippen LogP contribution in [0.2, 0.25) is 0 Å². The molecular weight excluding hydrogens is 160 g/mol. The molecule has 0 bridgehead atoms. The quantitative estimate of drug-likeness (QED) is 0.640. The molecule has 11 heavy (non-hydrogen) atoms. The first-order valence-electron chi connectivity index (χ1n) is 3.93. The second kappa shape index (κ2) is 3.77. The molecule has 1 heterocycles. The van der Waals surface area contributed by atoms with E-state index >= 15 is 0 Å². The van der Waals surface area contributed by atoms with Crippen LogP contribution in [0.15, 0.2) is 6.07 Å². The number of hydrogen-bond donors (Lipinski definition) is 0. The van der Waals surface area contributed by atoms with Crippen LogP contribution in [-0.2, 0) is 18.8 Å². The van der Waals surface area contributed by atoms with Crippen LogP contribution in [0.1, 0.15) is 25.2 Å². The SMILES string of the molecule is CCc1cc(CCl)n(CC)n1. The standard InChI is InChI=1S/C8H13ClN2/c1-3-7-5-8(6-9)11(4-2)10-7/h5H,3-4,6H2,1-2H3. The summed E-state index contributed by atoms with van der Waals surface area (Å²) >= 11 is 5.72. The zero-order valence-electron chi connectivity index (χ0n) is 6.97. The first-order chi connectivity index (χ1) is 5.31. The molecule has 0 radical (unpaired) electrons. The smallest absolute Gasteiger partial charge is 0.0644 e. The van der Waals surface area contributed by atoms with Gasteiger partial charge >= 0.3 is 0 Å². The molecule has 0 saturated heterocycles. The Hall–Kier alpha value is -0.500. The Kier molecular flexibility index (Phi) is 2.94. The van der Waals surface area contributed by atoms with Gasteiger partial charge in [0, 0.05) is 6.54 Å². The summed E-state index contributed by atoms with van der Waals surface area (Å²) in [4.78, 5) is 0. The molecule has 1 aromatic rings. The molecule has 0 aliphatic rings. The average Bonchev–Trinajstić information content (AvgIpc) is 2.46. The lowest BCUT2D eigenvalue weighted by molar-refractivity contribution is 0.627. The number of alkyl halides is 1. The molecule has 0 N–H and O–H groups in total. The van der Waals surface area contributed by atoms with Crippen molar-refractivity contribution in [1.82, 2.24) is 9.78 Å². The lowest BCUT2D eigenvalue weighted by Crippen LogP contribution is -2.00. The van der Waals surface area contributed by atoms with E-state index in [2.05, 4.69) is 25.0 Å². The Morgan fingerprint density at radius 2 is 2.27 bits per heavy atom. The normalized spacial score (nSPS) is 10.5. The van der Waals surface area contributed by atoms with Crippen molar-refractivity contribution < 1.29 is 0 Å². The van der Waals surface area contributed by atoms with Gasteiger partial charge in [0.2, 0.25) is 0 Å². The van der Waals surface area contributed by atoms with Crippen molar-refractivity contribution in [3.8, 4) is 0 Å². The number of rotatable bonds is 3. The van der Waals surface area contributed by atoms with E-state index in [1.165, 1.54) is 0 Å². The van der Waals surface area contributed by atoms with Gasteiger partial charge in [-0.25, -0.2) is 0 Å². The van der Waals surface area contributed by atoms with Crippen LogP contribution >= 0.6 is 11.6 Å². The van der Waals surface area contributed by atoms with Gasteiger partial charge in [0.05, 0.1) is 17.3 Å².